The molecule has 1 heterocycles. The summed E-state index contributed by atoms with van der Waals surface area (Å²) in [5, 5.41) is 8.68. The van der Waals surface area contributed by atoms with Crippen LogP contribution in [0.25, 0.3) is 0 Å². The molecule has 1 atom stereocenters. The van der Waals surface area contributed by atoms with Crippen molar-refractivity contribution in [2.75, 3.05) is 13.7 Å². The van der Waals surface area contributed by atoms with E-state index in [0.29, 0.717) is 12.1 Å². The molecule has 0 amide bonds. The van der Waals surface area contributed by atoms with Crippen LogP contribution in [0.15, 0.2) is 12.3 Å². The highest BCUT2D eigenvalue weighted by Crippen LogP contribution is 2.14. The molecule has 0 aliphatic rings. The Hall–Kier alpha value is -1.33. The van der Waals surface area contributed by atoms with Gasteiger partial charge in [-0.15, -0.1) is 0 Å². The fourth-order valence-corrected chi connectivity index (χ4v) is 1.16. The van der Waals surface area contributed by atoms with Gasteiger partial charge in [-0.3, -0.25) is 0 Å². The van der Waals surface area contributed by atoms with Crippen LogP contribution in [0.1, 0.15) is 28.5 Å². The average molecular weight is 198 g/mol. The van der Waals surface area contributed by atoms with Gasteiger partial charge in [-0.1, -0.05) is 0 Å². The Morgan fingerprint density at radius 2 is 2.50 bits per heavy atom. The van der Waals surface area contributed by atoms with Crippen LogP contribution in [-0.2, 0) is 4.74 Å². The summed E-state index contributed by atoms with van der Waals surface area (Å²) in [5.74, 6) is -0.424. The first-order valence-electron chi connectivity index (χ1n) is 4.32. The van der Waals surface area contributed by atoms with Crippen molar-refractivity contribution in [3.8, 4) is 0 Å². The summed E-state index contributed by atoms with van der Waals surface area (Å²) < 4.78 is 4.53. The van der Waals surface area contributed by atoms with Crippen molar-refractivity contribution >= 4 is 5.97 Å². The molecule has 0 aliphatic carbocycles. The summed E-state index contributed by atoms with van der Waals surface area (Å²) in [6.45, 7) is 0.0277. The highest BCUT2D eigenvalue weighted by Gasteiger charge is 2.12. The van der Waals surface area contributed by atoms with E-state index in [1.807, 2.05) is 0 Å². The topological polar surface area (TPSA) is 88.3 Å². The molecular formula is C9H14N2O3. The highest BCUT2D eigenvalue weighted by atomic mass is 16.5. The number of rotatable bonds is 4. The predicted octanol–water partition coefficient (Wildman–Crippen LogP) is 0.183. The second-order valence-electron chi connectivity index (χ2n) is 2.96. The number of carbonyl (C=O) groups is 1. The van der Waals surface area contributed by atoms with Gasteiger partial charge in [-0.2, -0.15) is 0 Å². The second-order valence-corrected chi connectivity index (χ2v) is 2.96. The maximum atomic E-state index is 11.1. The van der Waals surface area contributed by atoms with Crippen molar-refractivity contribution in [2.24, 2.45) is 5.73 Å². The summed E-state index contributed by atoms with van der Waals surface area (Å²) in [4.78, 5) is 13.8. The maximum absolute atomic E-state index is 11.1. The van der Waals surface area contributed by atoms with Crippen LogP contribution in [0.4, 0.5) is 0 Å². The number of hydrogen-bond acceptors (Lipinski definition) is 4. The maximum Gasteiger partial charge on any atom is 0.354 e. The monoisotopic (exact) mass is 198 g/mol. The van der Waals surface area contributed by atoms with Crippen LogP contribution >= 0.6 is 0 Å². The summed E-state index contributed by atoms with van der Waals surface area (Å²) in [7, 11) is 1.32. The number of esters is 1. The van der Waals surface area contributed by atoms with Crippen LogP contribution in [-0.4, -0.2) is 29.8 Å². The van der Waals surface area contributed by atoms with Gasteiger partial charge in [-0.05, 0) is 18.1 Å². The van der Waals surface area contributed by atoms with Crippen molar-refractivity contribution in [2.45, 2.75) is 12.5 Å². The Balaban J connectivity index is 2.72. The SMILES string of the molecule is COC(=O)c1cc(C(N)CCO)c[nH]1. The number of methoxy groups -OCH3 is 1. The summed E-state index contributed by atoms with van der Waals surface area (Å²) in [5.41, 5.74) is 6.89. The smallest absolute Gasteiger partial charge is 0.354 e. The van der Waals surface area contributed by atoms with Gasteiger partial charge in [0.05, 0.1) is 7.11 Å². The molecule has 1 unspecified atom stereocenters. The minimum Gasteiger partial charge on any atom is -0.464 e. The Bertz CT molecular complexity index is 309. The lowest BCUT2D eigenvalue weighted by Crippen LogP contribution is -2.10. The van der Waals surface area contributed by atoms with Crippen molar-refractivity contribution < 1.29 is 14.6 Å². The van der Waals surface area contributed by atoms with Crippen LogP contribution in [0.2, 0.25) is 0 Å². The van der Waals surface area contributed by atoms with Crippen molar-refractivity contribution in [3.05, 3.63) is 23.5 Å². The van der Waals surface area contributed by atoms with Gasteiger partial charge in [0.2, 0.25) is 0 Å². The van der Waals surface area contributed by atoms with Gasteiger partial charge in [0.25, 0.3) is 0 Å². The molecule has 1 rings (SSSR count). The molecule has 5 heteroatoms. The van der Waals surface area contributed by atoms with E-state index in [0.717, 1.165) is 5.56 Å². The number of carbonyl (C=O) groups excluding carboxylic acids is 1. The van der Waals surface area contributed by atoms with Crippen LogP contribution in [0, 0.1) is 0 Å². The van der Waals surface area contributed by atoms with E-state index in [1.165, 1.54) is 7.11 Å². The standard InChI is InChI=1S/C9H14N2O3/c1-14-9(13)8-4-6(5-11-8)7(10)2-3-12/h4-5,7,11-12H,2-3,10H2,1H3. The second kappa shape index (κ2) is 4.78. The van der Waals surface area contributed by atoms with Gasteiger partial charge in [-0.25, -0.2) is 4.79 Å². The lowest BCUT2D eigenvalue weighted by atomic mass is 10.1. The van der Waals surface area contributed by atoms with Gasteiger partial charge in [0.15, 0.2) is 0 Å². The van der Waals surface area contributed by atoms with E-state index in [-0.39, 0.29) is 12.6 Å². The molecule has 0 radical (unpaired) electrons. The summed E-state index contributed by atoms with van der Waals surface area (Å²) in [6.07, 6.45) is 2.12. The lowest BCUT2D eigenvalue weighted by Gasteiger charge is -2.05. The number of nitrogens with two attached hydrogens (primary N) is 1. The Morgan fingerprint density at radius 3 is 3.07 bits per heavy atom. The van der Waals surface area contributed by atoms with Crippen LogP contribution < -0.4 is 5.73 Å². The Morgan fingerprint density at radius 1 is 1.79 bits per heavy atom. The largest absolute Gasteiger partial charge is 0.464 e. The first-order valence-corrected chi connectivity index (χ1v) is 4.32. The number of nitrogens with one attached hydrogen (secondary N) is 1. The molecule has 5 nitrogen and oxygen atoms in total. The molecule has 78 valence electrons. The third-order valence-corrected chi connectivity index (χ3v) is 1.98. The van der Waals surface area contributed by atoms with E-state index in [2.05, 4.69) is 9.72 Å². The number of aliphatic hydroxyl groups is 1. The van der Waals surface area contributed by atoms with Gasteiger partial charge < -0.3 is 20.6 Å². The normalized spacial score (nSPS) is 12.5. The predicted molar refractivity (Wildman–Crippen MR) is 50.8 cm³/mol. The highest BCUT2D eigenvalue weighted by molar-refractivity contribution is 5.87. The number of hydrogen-bond donors (Lipinski definition) is 3. The molecule has 1 aromatic heterocycles. The van der Waals surface area contributed by atoms with Gasteiger partial charge in [0, 0.05) is 18.8 Å². The van der Waals surface area contributed by atoms with Crippen LogP contribution in [0.3, 0.4) is 0 Å². The minimum atomic E-state index is -0.424. The zero-order chi connectivity index (χ0) is 10.6. The third kappa shape index (κ3) is 2.34. The van der Waals surface area contributed by atoms with Crippen molar-refractivity contribution in [1.29, 1.82) is 0 Å². The first-order chi connectivity index (χ1) is 6.69. The van der Waals surface area contributed by atoms with E-state index >= 15 is 0 Å². The quantitative estimate of drug-likeness (QED) is 0.602. The zero-order valence-corrected chi connectivity index (χ0v) is 7.99. The molecule has 0 aromatic carbocycles. The number of aromatic nitrogens is 1. The molecular weight excluding hydrogens is 184 g/mol. The van der Waals surface area contributed by atoms with Crippen LogP contribution in [0.5, 0.6) is 0 Å². The number of ether oxygens (including phenoxy) is 1. The molecule has 0 fully saturated rings. The Kier molecular flexibility index (Phi) is 3.67. The molecule has 0 bridgehead atoms. The molecule has 0 aliphatic heterocycles. The van der Waals surface area contributed by atoms with Crippen molar-refractivity contribution in [3.63, 3.8) is 0 Å². The molecule has 14 heavy (non-hydrogen) atoms. The average Bonchev–Trinajstić information content (AvgIpc) is 2.66. The van der Waals surface area contributed by atoms with E-state index in [9.17, 15) is 4.79 Å². The number of aromatic amines is 1. The molecule has 0 saturated heterocycles. The minimum absolute atomic E-state index is 0.0277. The summed E-state index contributed by atoms with van der Waals surface area (Å²) in [6, 6.07) is 1.38. The first kappa shape index (κ1) is 10.7. The van der Waals surface area contributed by atoms with E-state index in [1.54, 1.807) is 12.3 Å². The molecule has 4 N–H and O–H groups in total. The molecule has 0 spiro atoms. The van der Waals surface area contributed by atoms with E-state index in [4.69, 9.17) is 10.8 Å². The fourth-order valence-electron chi connectivity index (χ4n) is 1.16. The number of H-pyrrole nitrogens is 1. The summed E-state index contributed by atoms with van der Waals surface area (Å²) >= 11 is 0. The molecule has 1 aromatic rings. The number of aliphatic hydroxyl groups excluding tert-OH is 1. The Labute approximate surface area is 81.9 Å². The van der Waals surface area contributed by atoms with E-state index < -0.39 is 5.97 Å². The third-order valence-electron chi connectivity index (χ3n) is 1.98. The van der Waals surface area contributed by atoms with Crippen molar-refractivity contribution in [1.82, 2.24) is 4.98 Å². The lowest BCUT2D eigenvalue weighted by molar-refractivity contribution is 0.0595. The zero-order valence-electron chi connectivity index (χ0n) is 7.99. The molecule has 0 saturated carbocycles. The fraction of sp³-hybridized carbons (Fsp3) is 0.444. The van der Waals surface area contributed by atoms with Gasteiger partial charge >= 0.3 is 5.97 Å². The van der Waals surface area contributed by atoms with Gasteiger partial charge in [0.1, 0.15) is 5.69 Å².